The molecule has 0 atom stereocenters. The Morgan fingerprint density at radius 1 is 1.53 bits per heavy atom. The number of hydrogen-bond donors (Lipinski definition) is 2. The lowest BCUT2D eigenvalue weighted by Crippen LogP contribution is -2.40. The summed E-state index contributed by atoms with van der Waals surface area (Å²) in [5, 5.41) is 2.91. The minimum absolute atomic E-state index is 0.117. The smallest absolute Gasteiger partial charge is 0.220 e. The second kappa shape index (κ2) is 4.74. The minimum Gasteiger partial charge on any atom is -0.377 e. The molecule has 15 heavy (non-hydrogen) atoms. The van der Waals surface area contributed by atoms with Gasteiger partial charge in [-0.25, -0.2) is 0 Å². The van der Waals surface area contributed by atoms with E-state index < -0.39 is 0 Å². The van der Waals surface area contributed by atoms with E-state index in [1.54, 1.807) is 7.11 Å². The number of ether oxygens (including phenoxy) is 1. The third-order valence-corrected chi connectivity index (χ3v) is 3.76. The van der Waals surface area contributed by atoms with Gasteiger partial charge in [-0.15, -0.1) is 0 Å². The van der Waals surface area contributed by atoms with E-state index in [9.17, 15) is 4.79 Å². The van der Waals surface area contributed by atoms with Crippen molar-refractivity contribution in [3.05, 3.63) is 0 Å². The monoisotopic (exact) mass is 231 g/mol. The van der Waals surface area contributed by atoms with Gasteiger partial charge < -0.3 is 10.1 Å². The summed E-state index contributed by atoms with van der Waals surface area (Å²) in [6.07, 6.45) is 2.88. The molecule has 0 heterocycles. The number of nitrogens with one attached hydrogen (secondary N) is 1. The van der Waals surface area contributed by atoms with E-state index in [1.165, 1.54) is 0 Å². The van der Waals surface area contributed by atoms with Crippen LogP contribution in [-0.2, 0) is 9.53 Å². The molecule has 88 valence electrons. The third kappa shape index (κ3) is 4.03. The second-order valence-corrected chi connectivity index (χ2v) is 5.39. The molecule has 1 aliphatic rings. The first-order valence-electron chi connectivity index (χ1n) is 5.36. The normalized spacial score (nSPS) is 18.7. The minimum atomic E-state index is -0.284. The van der Waals surface area contributed by atoms with Crippen molar-refractivity contribution >= 4 is 18.5 Å². The molecule has 0 aliphatic heterocycles. The molecule has 0 unspecified atom stereocenters. The van der Waals surface area contributed by atoms with Gasteiger partial charge in [0.1, 0.15) is 0 Å². The molecule has 4 heteroatoms. The first-order valence-corrected chi connectivity index (χ1v) is 5.99. The lowest BCUT2D eigenvalue weighted by atomic mass is 10.0. The van der Waals surface area contributed by atoms with Gasteiger partial charge in [0.25, 0.3) is 0 Å². The summed E-state index contributed by atoms with van der Waals surface area (Å²) in [7, 11) is 1.66. The lowest BCUT2D eigenvalue weighted by molar-refractivity contribution is -0.123. The highest BCUT2D eigenvalue weighted by atomic mass is 32.1. The maximum Gasteiger partial charge on any atom is 0.220 e. The topological polar surface area (TPSA) is 38.3 Å². The molecule has 3 nitrogen and oxygen atoms in total. The molecule has 0 radical (unpaired) electrons. The van der Waals surface area contributed by atoms with E-state index in [-0.39, 0.29) is 16.9 Å². The molecule has 0 saturated heterocycles. The maximum atomic E-state index is 11.6. The van der Waals surface area contributed by atoms with Gasteiger partial charge in [-0.3, -0.25) is 4.79 Å². The first kappa shape index (κ1) is 12.8. The van der Waals surface area contributed by atoms with Crippen LogP contribution in [0.5, 0.6) is 0 Å². The molecule has 0 spiro atoms. The SMILES string of the molecule is COC(C)(C)CNC(=O)CC1(CS)CC1. The lowest BCUT2D eigenvalue weighted by Gasteiger charge is -2.23. The highest BCUT2D eigenvalue weighted by Gasteiger charge is 2.42. The fourth-order valence-corrected chi connectivity index (χ4v) is 1.78. The van der Waals surface area contributed by atoms with Gasteiger partial charge in [0.2, 0.25) is 5.91 Å². The van der Waals surface area contributed by atoms with E-state index in [0.29, 0.717) is 13.0 Å². The molecule has 1 N–H and O–H groups in total. The highest BCUT2D eigenvalue weighted by molar-refractivity contribution is 7.80. The van der Waals surface area contributed by atoms with Crippen LogP contribution in [0.1, 0.15) is 33.1 Å². The average molecular weight is 231 g/mol. The van der Waals surface area contributed by atoms with Crippen molar-refractivity contribution in [1.29, 1.82) is 0 Å². The fraction of sp³-hybridized carbons (Fsp3) is 0.909. The summed E-state index contributed by atoms with van der Waals surface area (Å²) in [4.78, 5) is 11.6. The van der Waals surface area contributed by atoms with Crippen molar-refractivity contribution in [2.24, 2.45) is 5.41 Å². The van der Waals surface area contributed by atoms with Crippen molar-refractivity contribution in [1.82, 2.24) is 5.32 Å². The first-order chi connectivity index (χ1) is 6.93. The molecule has 1 amide bonds. The second-order valence-electron chi connectivity index (χ2n) is 5.08. The molecule has 1 saturated carbocycles. The number of hydrogen-bond acceptors (Lipinski definition) is 3. The summed E-state index contributed by atoms with van der Waals surface area (Å²) in [6.45, 7) is 4.47. The van der Waals surface area contributed by atoms with E-state index in [4.69, 9.17) is 4.74 Å². The summed E-state index contributed by atoms with van der Waals surface area (Å²) >= 11 is 4.28. The van der Waals surface area contributed by atoms with Gasteiger partial charge in [-0.1, -0.05) is 0 Å². The van der Waals surface area contributed by atoms with Crippen molar-refractivity contribution in [3.8, 4) is 0 Å². The number of methoxy groups -OCH3 is 1. The largest absolute Gasteiger partial charge is 0.377 e. The summed E-state index contributed by atoms with van der Waals surface area (Å²) in [5.74, 6) is 0.931. The van der Waals surface area contributed by atoms with Crippen LogP contribution in [0.2, 0.25) is 0 Å². The molecule has 1 rings (SSSR count). The Morgan fingerprint density at radius 2 is 2.13 bits per heavy atom. The molecule has 1 aliphatic carbocycles. The summed E-state index contributed by atoms with van der Waals surface area (Å²) in [5.41, 5.74) is -0.0856. The molecular weight excluding hydrogens is 210 g/mol. The molecular formula is C11H21NO2S. The zero-order valence-corrected chi connectivity index (χ0v) is 10.7. The van der Waals surface area contributed by atoms with Gasteiger partial charge in [0.05, 0.1) is 5.60 Å². The van der Waals surface area contributed by atoms with Crippen LogP contribution in [0.4, 0.5) is 0 Å². The van der Waals surface area contributed by atoms with E-state index in [2.05, 4.69) is 17.9 Å². The Labute approximate surface area is 97.4 Å². The zero-order valence-electron chi connectivity index (χ0n) is 9.80. The number of carbonyl (C=O) groups excluding carboxylic acids is 1. The van der Waals surface area contributed by atoms with E-state index in [1.807, 2.05) is 13.8 Å². The standard InChI is InChI=1S/C11H21NO2S/c1-10(2,14-3)7-12-9(13)6-11(8-15)4-5-11/h15H,4-8H2,1-3H3,(H,12,13). The van der Waals surface area contributed by atoms with Crippen LogP contribution in [0.25, 0.3) is 0 Å². The van der Waals surface area contributed by atoms with Crippen molar-refractivity contribution in [3.63, 3.8) is 0 Å². The van der Waals surface area contributed by atoms with Gasteiger partial charge in [0.15, 0.2) is 0 Å². The number of carbonyl (C=O) groups is 1. The summed E-state index contributed by atoms with van der Waals surface area (Å²) < 4.78 is 5.23. The van der Waals surface area contributed by atoms with E-state index in [0.717, 1.165) is 18.6 Å². The van der Waals surface area contributed by atoms with Crippen LogP contribution in [0.3, 0.4) is 0 Å². The Morgan fingerprint density at radius 3 is 2.53 bits per heavy atom. The van der Waals surface area contributed by atoms with Crippen LogP contribution in [0, 0.1) is 5.41 Å². The van der Waals surface area contributed by atoms with Crippen molar-refractivity contribution < 1.29 is 9.53 Å². The average Bonchev–Trinajstić information content (AvgIpc) is 2.96. The molecule has 0 aromatic carbocycles. The van der Waals surface area contributed by atoms with Crippen LogP contribution in [-0.4, -0.2) is 30.9 Å². The van der Waals surface area contributed by atoms with Crippen LogP contribution < -0.4 is 5.32 Å². The molecule has 0 aromatic heterocycles. The third-order valence-electron chi connectivity index (χ3n) is 3.09. The Kier molecular flexibility index (Phi) is 4.06. The Bertz CT molecular complexity index is 237. The fourth-order valence-electron chi connectivity index (χ4n) is 1.35. The highest BCUT2D eigenvalue weighted by Crippen LogP contribution is 2.49. The van der Waals surface area contributed by atoms with Crippen LogP contribution >= 0.6 is 12.6 Å². The maximum absolute atomic E-state index is 11.6. The summed E-state index contributed by atoms with van der Waals surface area (Å²) in [6, 6.07) is 0. The van der Waals surface area contributed by atoms with Crippen LogP contribution in [0.15, 0.2) is 0 Å². The van der Waals surface area contributed by atoms with Crippen molar-refractivity contribution in [2.45, 2.75) is 38.7 Å². The number of rotatable bonds is 6. The predicted octanol–water partition coefficient (Wildman–Crippen LogP) is 1.63. The van der Waals surface area contributed by atoms with Gasteiger partial charge in [-0.05, 0) is 37.9 Å². The molecule has 0 bridgehead atoms. The Balaban J connectivity index is 2.25. The quantitative estimate of drug-likeness (QED) is 0.682. The van der Waals surface area contributed by atoms with Gasteiger partial charge in [-0.2, -0.15) is 12.6 Å². The van der Waals surface area contributed by atoms with Gasteiger partial charge >= 0.3 is 0 Å². The predicted molar refractivity (Wildman–Crippen MR) is 64.2 cm³/mol. The zero-order chi connectivity index (χ0) is 11.5. The van der Waals surface area contributed by atoms with Crippen molar-refractivity contribution in [2.75, 3.05) is 19.4 Å². The van der Waals surface area contributed by atoms with Gasteiger partial charge in [0, 0.05) is 20.1 Å². The van der Waals surface area contributed by atoms with E-state index >= 15 is 0 Å². The number of amides is 1. The Hall–Kier alpha value is -0.220. The molecule has 1 fully saturated rings. The molecule has 0 aromatic rings. The number of thiol groups is 1.